The highest BCUT2D eigenvalue weighted by Crippen LogP contribution is 2.29. The molecule has 0 bridgehead atoms. The van der Waals surface area contributed by atoms with Gasteiger partial charge >= 0.3 is 0 Å². The molecule has 0 saturated heterocycles. The lowest BCUT2D eigenvalue weighted by molar-refractivity contribution is 0.102. The molecular weight excluding hydrogens is 294 g/mol. The highest BCUT2D eigenvalue weighted by atomic mass is 16.5. The number of carbonyl (C=O) groups excluding carboxylic acids is 1. The van der Waals surface area contributed by atoms with E-state index in [9.17, 15) is 4.79 Å². The van der Waals surface area contributed by atoms with Gasteiger partial charge in [0.05, 0.1) is 19.9 Å². The van der Waals surface area contributed by atoms with E-state index in [0.29, 0.717) is 28.5 Å². The van der Waals surface area contributed by atoms with Crippen molar-refractivity contribution >= 4 is 11.6 Å². The Hall–Kier alpha value is -3.13. The van der Waals surface area contributed by atoms with Gasteiger partial charge in [-0.15, -0.1) is 6.42 Å². The Kier molecular flexibility index (Phi) is 5.48. The fraction of sp³-hybridized carbons (Fsp3) is 0.167. The summed E-state index contributed by atoms with van der Waals surface area (Å²) in [5.41, 5.74) is 1.06. The lowest BCUT2D eigenvalue weighted by Gasteiger charge is -2.12. The second-order valence-electron chi connectivity index (χ2n) is 4.54. The van der Waals surface area contributed by atoms with Gasteiger partial charge in [-0.05, 0) is 36.4 Å². The molecule has 5 heteroatoms. The summed E-state index contributed by atoms with van der Waals surface area (Å²) in [4.78, 5) is 12.3. The topological polar surface area (TPSA) is 56.8 Å². The van der Waals surface area contributed by atoms with Gasteiger partial charge in [-0.2, -0.15) is 0 Å². The summed E-state index contributed by atoms with van der Waals surface area (Å²) in [7, 11) is 3.10. The molecule has 0 spiro atoms. The summed E-state index contributed by atoms with van der Waals surface area (Å²) in [6.45, 7) is 0.189. The molecule has 0 aromatic heterocycles. The molecule has 118 valence electrons. The van der Waals surface area contributed by atoms with Crippen LogP contribution in [0.1, 0.15) is 10.4 Å². The Labute approximate surface area is 135 Å². The summed E-state index contributed by atoms with van der Waals surface area (Å²) in [5, 5.41) is 2.80. The summed E-state index contributed by atoms with van der Waals surface area (Å²) in [5.74, 6) is 3.91. The third-order valence-corrected chi connectivity index (χ3v) is 3.10. The maximum absolute atomic E-state index is 12.3. The van der Waals surface area contributed by atoms with Crippen LogP contribution in [0.15, 0.2) is 42.5 Å². The Bertz CT molecular complexity index is 717. The van der Waals surface area contributed by atoms with Gasteiger partial charge in [-0.1, -0.05) is 5.92 Å². The third kappa shape index (κ3) is 4.17. The molecule has 0 atom stereocenters. The van der Waals surface area contributed by atoms with Gasteiger partial charge in [0.15, 0.2) is 0 Å². The summed E-state index contributed by atoms with van der Waals surface area (Å²) in [6, 6.07) is 11.9. The first kappa shape index (κ1) is 16.2. The number of anilines is 1. The molecular formula is C18H17NO4. The third-order valence-electron chi connectivity index (χ3n) is 3.10. The van der Waals surface area contributed by atoms with E-state index in [0.717, 1.165) is 0 Å². The number of ether oxygens (including phenoxy) is 3. The van der Waals surface area contributed by atoms with Crippen molar-refractivity contribution in [3.8, 4) is 29.6 Å². The van der Waals surface area contributed by atoms with Crippen LogP contribution in [-0.4, -0.2) is 26.7 Å². The standard InChI is InChI=1S/C18H17NO4/c1-4-11-23-14-7-5-13(6-8-14)18(20)19-16-10-9-15(21-2)12-17(16)22-3/h1,5-10,12H,11H2,2-3H3,(H,19,20). The van der Waals surface area contributed by atoms with Crippen molar-refractivity contribution in [1.82, 2.24) is 0 Å². The second-order valence-corrected chi connectivity index (χ2v) is 4.54. The van der Waals surface area contributed by atoms with Gasteiger partial charge in [0.1, 0.15) is 23.9 Å². The van der Waals surface area contributed by atoms with Crippen molar-refractivity contribution in [3.63, 3.8) is 0 Å². The van der Waals surface area contributed by atoms with E-state index in [2.05, 4.69) is 11.2 Å². The summed E-state index contributed by atoms with van der Waals surface area (Å²) >= 11 is 0. The van der Waals surface area contributed by atoms with Crippen LogP contribution in [0.4, 0.5) is 5.69 Å². The molecule has 0 saturated carbocycles. The van der Waals surface area contributed by atoms with Crippen molar-refractivity contribution < 1.29 is 19.0 Å². The summed E-state index contributed by atoms with van der Waals surface area (Å²) in [6.07, 6.45) is 5.13. The highest BCUT2D eigenvalue weighted by molar-refractivity contribution is 6.05. The smallest absolute Gasteiger partial charge is 0.255 e. The number of terminal acetylenes is 1. The SMILES string of the molecule is C#CCOc1ccc(C(=O)Nc2ccc(OC)cc2OC)cc1. The van der Waals surface area contributed by atoms with Crippen LogP contribution in [-0.2, 0) is 0 Å². The van der Waals surface area contributed by atoms with E-state index in [1.54, 1.807) is 49.6 Å². The van der Waals surface area contributed by atoms with Gasteiger partial charge < -0.3 is 19.5 Å². The van der Waals surface area contributed by atoms with Crippen LogP contribution in [0, 0.1) is 12.3 Å². The monoisotopic (exact) mass is 311 g/mol. The van der Waals surface area contributed by atoms with E-state index in [-0.39, 0.29) is 12.5 Å². The highest BCUT2D eigenvalue weighted by Gasteiger charge is 2.11. The second kappa shape index (κ2) is 7.76. The van der Waals surface area contributed by atoms with E-state index < -0.39 is 0 Å². The minimum atomic E-state index is -0.253. The molecule has 2 aromatic carbocycles. The van der Waals surface area contributed by atoms with Crippen molar-refractivity contribution in [2.75, 3.05) is 26.1 Å². The number of carbonyl (C=O) groups is 1. The number of benzene rings is 2. The fourth-order valence-corrected chi connectivity index (χ4v) is 1.92. The molecule has 2 rings (SSSR count). The van der Waals surface area contributed by atoms with Crippen LogP contribution < -0.4 is 19.5 Å². The Balaban J connectivity index is 2.11. The minimum absolute atomic E-state index is 0.189. The Morgan fingerprint density at radius 1 is 1.09 bits per heavy atom. The summed E-state index contributed by atoms with van der Waals surface area (Å²) < 4.78 is 15.6. The predicted octanol–water partition coefficient (Wildman–Crippen LogP) is 2.97. The molecule has 0 aliphatic carbocycles. The molecule has 0 heterocycles. The number of hydrogen-bond acceptors (Lipinski definition) is 4. The molecule has 5 nitrogen and oxygen atoms in total. The van der Waals surface area contributed by atoms with Crippen molar-refractivity contribution in [2.24, 2.45) is 0 Å². The van der Waals surface area contributed by atoms with E-state index in [4.69, 9.17) is 20.6 Å². The molecule has 1 amide bonds. The molecule has 23 heavy (non-hydrogen) atoms. The van der Waals surface area contributed by atoms with Gasteiger partial charge in [-0.3, -0.25) is 4.79 Å². The average molecular weight is 311 g/mol. The zero-order valence-corrected chi connectivity index (χ0v) is 13.0. The first-order valence-electron chi connectivity index (χ1n) is 6.87. The number of nitrogens with one attached hydrogen (secondary N) is 1. The lowest BCUT2D eigenvalue weighted by Crippen LogP contribution is -2.12. The largest absolute Gasteiger partial charge is 0.497 e. The minimum Gasteiger partial charge on any atom is -0.497 e. The predicted molar refractivity (Wildman–Crippen MR) is 88.3 cm³/mol. The van der Waals surface area contributed by atoms with Gasteiger partial charge in [0.2, 0.25) is 0 Å². The molecule has 0 unspecified atom stereocenters. The van der Waals surface area contributed by atoms with Crippen LogP contribution in [0.3, 0.4) is 0 Å². The first-order valence-corrected chi connectivity index (χ1v) is 6.87. The zero-order chi connectivity index (χ0) is 16.7. The van der Waals surface area contributed by atoms with Crippen molar-refractivity contribution in [1.29, 1.82) is 0 Å². The van der Waals surface area contributed by atoms with Crippen LogP contribution in [0.25, 0.3) is 0 Å². The van der Waals surface area contributed by atoms with Crippen molar-refractivity contribution in [2.45, 2.75) is 0 Å². The first-order chi connectivity index (χ1) is 11.2. The normalized spacial score (nSPS) is 9.61. The molecule has 1 N–H and O–H groups in total. The zero-order valence-electron chi connectivity index (χ0n) is 13.0. The van der Waals surface area contributed by atoms with Gasteiger partial charge in [0, 0.05) is 11.6 Å². The number of hydrogen-bond donors (Lipinski definition) is 1. The number of amides is 1. The number of rotatable bonds is 6. The fourth-order valence-electron chi connectivity index (χ4n) is 1.92. The van der Waals surface area contributed by atoms with Crippen LogP contribution in [0.2, 0.25) is 0 Å². The van der Waals surface area contributed by atoms with Crippen molar-refractivity contribution in [3.05, 3.63) is 48.0 Å². The Morgan fingerprint density at radius 2 is 1.78 bits per heavy atom. The van der Waals surface area contributed by atoms with Crippen LogP contribution in [0.5, 0.6) is 17.2 Å². The molecule has 2 aromatic rings. The van der Waals surface area contributed by atoms with Gasteiger partial charge in [-0.25, -0.2) is 0 Å². The van der Waals surface area contributed by atoms with E-state index in [1.807, 2.05) is 0 Å². The lowest BCUT2D eigenvalue weighted by atomic mass is 10.2. The maximum atomic E-state index is 12.3. The molecule has 0 aliphatic heterocycles. The van der Waals surface area contributed by atoms with Crippen LogP contribution >= 0.6 is 0 Å². The van der Waals surface area contributed by atoms with E-state index >= 15 is 0 Å². The molecule has 0 fully saturated rings. The van der Waals surface area contributed by atoms with Gasteiger partial charge in [0.25, 0.3) is 5.91 Å². The quantitative estimate of drug-likeness (QED) is 0.833. The molecule has 0 radical (unpaired) electrons. The van der Waals surface area contributed by atoms with E-state index in [1.165, 1.54) is 7.11 Å². The average Bonchev–Trinajstić information content (AvgIpc) is 2.60. The Morgan fingerprint density at radius 3 is 2.39 bits per heavy atom. The molecule has 0 aliphatic rings. The maximum Gasteiger partial charge on any atom is 0.255 e. The number of methoxy groups -OCH3 is 2.